The van der Waals surface area contributed by atoms with Crippen molar-refractivity contribution in [3.8, 4) is 5.69 Å². The van der Waals surface area contributed by atoms with E-state index in [1.54, 1.807) is 16.9 Å². The molecule has 0 unspecified atom stereocenters. The zero-order valence-corrected chi connectivity index (χ0v) is 12.1. The van der Waals surface area contributed by atoms with Crippen molar-refractivity contribution in [1.29, 1.82) is 0 Å². The van der Waals surface area contributed by atoms with E-state index in [1.165, 1.54) is 0 Å². The van der Waals surface area contributed by atoms with Crippen molar-refractivity contribution in [3.63, 3.8) is 0 Å². The summed E-state index contributed by atoms with van der Waals surface area (Å²) >= 11 is 3.46. The maximum Gasteiger partial charge on any atom is 0.269 e. The summed E-state index contributed by atoms with van der Waals surface area (Å²) in [6.07, 6.45) is 1.73. The summed E-state index contributed by atoms with van der Waals surface area (Å²) in [6.45, 7) is 3.67. The summed E-state index contributed by atoms with van der Waals surface area (Å²) in [7, 11) is 0. The lowest BCUT2D eigenvalue weighted by Gasteiger charge is -2.10. The minimum atomic E-state index is -0.524. The fraction of sp³-hybridized carbons (Fsp3) is 0.231. The van der Waals surface area contributed by atoms with Gasteiger partial charge in [-0.15, -0.1) is 0 Å². The molecule has 0 aliphatic heterocycles. The average molecular weight is 323 g/mol. The van der Waals surface area contributed by atoms with Crippen LogP contribution in [-0.2, 0) is 6.54 Å². The van der Waals surface area contributed by atoms with Gasteiger partial charge >= 0.3 is 0 Å². The highest BCUT2D eigenvalue weighted by atomic mass is 79.9. The van der Waals surface area contributed by atoms with Gasteiger partial charge in [-0.2, -0.15) is 5.10 Å². The average Bonchev–Trinajstić information content (AvgIpc) is 2.86. The normalized spacial score (nSPS) is 10.6. The molecule has 1 aromatic heterocycles. The monoisotopic (exact) mass is 322 g/mol. The standard InChI is InChI=1S/C13H15BrN4O/c1-2-16-8-9-7-10(14)3-4-12(9)18-6-5-11(17-18)13(15)19/h3-7,16H,2,8H2,1H3,(H2,15,19). The van der Waals surface area contributed by atoms with Crippen molar-refractivity contribution in [2.75, 3.05) is 6.54 Å². The number of rotatable bonds is 5. The van der Waals surface area contributed by atoms with Crippen molar-refractivity contribution >= 4 is 21.8 Å². The minimum absolute atomic E-state index is 0.261. The lowest BCUT2D eigenvalue weighted by molar-refractivity contribution is 0.0995. The van der Waals surface area contributed by atoms with Gasteiger partial charge in [0.25, 0.3) is 5.91 Å². The molecule has 6 heteroatoms. The zero-order valence-electron chi connectivity index (χ0n) is 10.6. The Bertz CT molecular complexity index is 594. The Hall–Kier alpha value is -1.66. The van der Waals surface area contributed by atoms with Crippen molar-refractivity contribution in [2.24, 2.45) is 5.73 Å². The van der Waals surface area contributed by atoms with Crippen LogP contribution < -0.4 is 11.1 Å². The molecule has 1 aromatic carbocycles. The second kappa shape index (κ2) is 5.99. The van der Waals surface area contributed by atoms with Gasteiger partial charge in [-0.05, 0) is 36.4 Å². The molecule has 2 aromatic rings. The number of carbonyl (C=O) groups excluding carboxylic acids is 1. The van der Waals surface area contributed by atoms with Crippen LogP contribution in [0.15, 0.2) is 34.9 Å². The molecule has 0 fully saturated rings. The number of carbonyl (C=O) groups is 1. The summed E-state index contributed by atoms with van der Waals surface area (Å²) in [5.41, 5.74) is 7.49. The van der Waals surface area contributed by atoms with Crippen LogP contribution in [0.1, 0.15) is 23.0 Å². The first-order valence-electron chi connectivity index (χ1n) is 5.97. The highest BCUT2D eigenvalue weighted by Crippen LogP contribution is 2.20. The van der Waals surface area contributed by atoms with Gasteiger partial charge < -0.3 is 11.1 Å². The topological polar surface area (TPSA) is 72.9 Å². The van der Waals surface area contributed by atoms with E-state index in [0.29, 0.717) is 0 Å². The SMILES string of the molecule is CCNCc1cc(Br)ccc1-n1ccc(C(N)=O)n1. The molecule has 0 radical (unpaired) electrons. The van der Waals surface area contributed by atoms with Gasteiger partial charge in [-0.1, -0.05) is 22.9 Å². The predicted octanol–water partition coefficient (Wildman–Crippen LogP) is 1.84. The molecule has 3 N–H and O–H groups in total. The Morgan fingerprint density at radius 2 is 2.26 bits per heavy atom. The van der Waals surface area contributed by atoms with Gasteiger partial charge in [0, 0.05) is 17.2 Å². The maximum atomic E-state index is 11.1. The number of halogens is 1. The van der Waals surface area contributed by atoms with E-state index in [1.807, 2.05) is 18.2 Å². The van der Waals surface area contributed by atoms with Gasteiger partial charge in [-0.25, -0.2) is 4.68 Å². The summed E-state index contributed by atoms with van der Waals surface area (Å²) in [4.78, 5) is 11.1. The second-order valence-corrected chi connectivity index (χ2v) is 4.98. The number of nitrogens with one attached hydrogen (secondary N) is 1. The molecule has 0 atom stereocenters. The van der Waals surface area contributed by atoms with Crippen molar-refractivity contribution in [1.82, 2.24) is 15.1 Å². The van der Waals surface area contributed by atoms with Crippen LogP contribution in [0.3, 0.4) is 0 Å². The van der Waals surface area contributed by atoms with E-state index in [9.17, 15) is 4.79 Å². The summed E-state index contributed by atoms with van der Waals surface area (Å²) in [5, 5.41) is 7.46. The molecule has 0 aliphatic rings. The predicted molar refractivity (Wildman–Crippen MR) is 77.2 cm³/mol. The molecular weight excluding hydrogens is 308 g/mol. The highest BCUT2D eigenvalue weighted by Gasteiger charge is 2.09. The van der Waals surface area contributed by atoms with Gasteiger partial charge in [-0.3, -0.25) is 4.79 Å². The summed E-state index contributed by atoms with van der Waals surface area (Å²) in [6, 6.07) is 7.54. The Balaban J connectivity index is 2.39. The van der Waals surface area contributed by atoms with Gasteiger partial charge in [0.05, 0.1) is 5.69 Å². The van der Waals surface area contributed by atoms with E-state index in [0.717, 1.165) is 28.8 Å². The smallest absolute Gasteiger partial charge is 0.269 e. The molecular formula is C13H15BrN4O. The van der Waals surface area contributed by atoms with Crippen molar-refractivity contribution in [2.45, 2.75) is 13.5 Å². The molecule has 1 heterocycles. The lowest BCUT2D eigenvalue weighted by Crippen LogP contribution is -2.15. The van der Waals surface area contributed by atoms with Crippen LogP contribution in [0.2, 0.25) is 0 Å². The van der Waals surface area contributed by atoms with E-state index in [-0.39, 0.29) is 5.69 Å². The number of nitrogens with zero attached hydrogens (tertiary/aromatic N) is 2. The van der Waals surface area contributed by atoms with Crippen molar-refractivity contribution < 1.29 is 4.79 Å². The number of amides is 1. The molecule has 0 saturated carbocycles. The largest absolute Gasteiger partial charge is 0.364 e. The molecule has 19 heavy (non-hydrogen) atoms. The van der Waals surface area contributed by atoms with Crippen LogP contribution in [0.25, 0.3) is 5.69 Å². The number of hydrogen-bond acceptors (Lipinski definition) is 3. The Labute approximate surface area is 119 Å². The first-order valence-corrected chi connectivity index (χ1v) is 6.76. The molecule has 0 spiro atoms. The number of nitrogens with two attached hydrogens (primary N) is 1. The first-order chi connectivity index (χ1) is 9.11. The molecule has 0 aliphatic carbocycles. The van der Waals surface area contributed by atoms with E-state index >= 15 is 0 Å². The van der Waals surface area contributed by atoms with Gasteiger partial charge in [0.15, 0.2) is 0 Å². The van der Waals surface area contributed by atoms with E-state index in [2.05, 4.69) is 33.3 Å². The van der Waals surface area contributed by atoms with Crippen LogP contribution >= 0.6 is 15.9 Å². The fourth-order valence-corrected chi connectivity index (χ4v) is 2.18. The molecule has 1 amide bonds. The number of benzene rings is 1. The Morgan fingerprint density at radius 3 is 2.89 bits per heavy atom. The Kier molecular flexibility index (Phi) is 4.34. The second-order valence-electron chi connectivity index (χ2n) is 4.06. The van der Waals surface area contributed by atoms with Crippen LogP contribution in [0, 0.1) is 0 Å². The lowest BCUT2D eigenvalue weighted by atomic mass is 10.2. The third kappa shape index (κ3) is 3.21. The molecule has 100 valence electrons. The van der Waals surface area contributed by atoms with Crippen LogP contribution in [0.4, 0.5) is 0 Å². The number of aromatic nitrogens is 2. The molecule has 5 nitrogen and oxygen atoms in total. The van der Waals surface area contributed by atoms with Gasteiger partial charge in [0.1, 0.15) is 5.69 Å². The van der Waals surface area contributed by atoms with E-state index < -0.39 is 5.91 Å². The zero-order chi connectivity index (χ0) is 13.8. The third-order valence-electron chi connectivity index (χ3n) is 2.70. The molecule has 2 rings (SSSR count). The highest BCUT2D eigenvalue weighted by molar-refractivity contribution is 9.10. The number of primary amides is 1. The summed E-state index contributed by atoms with van der Waals surface area (Å²) < 4.78 is 2.67. The van der Waals surface area contributed by atoms with Gasteiger partial charge in [0.2, 0.25) is 0 Å². The van der Waals surface area contributed by atoms with Crippen LogP contribution in [-0.4, -0.2) is 22.2 Å². The summed E-state index contributed by atoms with van der Waals surface area (Å²) in [5.74, 6) is -0.524. The van der Waals surface area contributed by atoms with Crippen molar-refractivity contribution in [3.05, 3.63) is 46.2 Å². The Morgan fingerprint density at radius 1 is 1.47 bits per heavy atom. The van der Waals surface area contributed by atoms with Crippen LogP contribution in [0.5, 0.6) is 0 Å². The maximum absolute atomic E-state index is 11.1. The van der Waals surface area contributed by atoms with E-state index in [4.69, 9.17) is 5.73 Å². The molecule has 0 bridgehead atoms. The number of hydrogen-bond donors (Lipinski definition) is 2. The fourth-order valence-electron chi connectivity index (χ4n) is 1.77. The molecule has 0 saturated heterocycles. The third-order valence-corrected chi connectivity index (χ3v) is 3.19. The first kappa shape index (κ1) is 13.8. The quantitative estimate of drug-likeness (QED) is 0.882. The minimum Gasteiger partial charge on any atom is -0.364 e.